The topological polar surface area (TPSA) is 65.4 Å². The SMILES string of the molecule is C[C@H](Cn1cccn1)NC(=O)COc1cccc2c1OC(C)(C)C2. The van der Waals surface area contributed by atoms with Gasteiger partial charge < -0.3 is 14.8 Å². The number of benzene rings is 1. The van der Waals surface area contributed by atoms with Crippen LogP contribution in [0, 0.1) is 0 Å². The van der Waals surface area contributed by atoms with E-state index in [4.69, 9.17) is 9.47 Å². The third-order valence-corrected chi connectivity index (χ3v) is 3.84. The molecule has 1 aliphatic heterocycles. The number of nitrogens with zero attached hydrogens (tertiary/aromatic N) is 2. The molecule has 2 heterocycles. The van der Waals surface area contributed by atoms with Gasteiger partial charge in [0.2, 0.25) is 0 Å². The van der Waals surface area contributed by atoms with E-state index in [2.05, 4.69) is 10.4 Å². The third-order valence-electron chi connectivity index (χ3n) is 3.84. The van der Waals surface area contributed by atoms with E-state index in [0.29, 0.717) is 12.3 Å². The lowest BCUT2D eigenvalue weighted by Gasteiger charge is -2.18. The van der Waals surface area contributed by atoms with E-state index in [-0.39, 0.29) is 24.2 Å². The molecular weight excluding hydrogens is 306 g/mol. The lowest BCUT2D eigenvalue weighted by Crippen LogP contribution is -2.38. The predicted molar refractivity (Wildman–Crippen MR) is 90.2 cm³/mol. The number of carbonyl (C=O) groups is 1. The molecule has 6 heteroatoms. The predicted octanol–water partition coefficient (Wildman–Crippen LogP) is 2.18. The van der Waals surface area contributed by atoms with Crippen molar-refractivity contribution in [3.63, 3.8) is 0 Å². The maximum absolute atomic E-state index is 12.1. The maximum atomic E-state index is 12.1. The van der Waals surface area contributed by atoms with E-state index in [0.717, 1.165) is 17.7 Å². The van der Waals surface area contributed by atoms with E-state index in [1.54, 1.807) is 10.9 Å². The van der Waals surface area contributed by atoms with Gasteiger partial charge in [-0.2, -0.15) is 5.10 Å². The number of hydrogen-bond acceptors (Lipinski definition) is 4. The highest BCUT2D eigenvalue weighted by atomic mass is 16.5. The highest BCUT2D eigenvalue weighted by Crippen LogP contribution is 2.41. The molecule has 1 aromatic heterocycles. The summed E-state index contributed by atoms with van der Waals surface area (Å²) in [6.45, 7) is 6.60. The van der Waals surface area contributed by atoms with Crippen LogP contribution in [0.15, 0.2) is 36.7 Å². The highest BCUT2D eigenvalue weighted by molar-refractivity contribution is 5.77. The molecule has 0 bridgehead atoms. The second-order valence-electron chi connectivity index (χ2n) is 6.77. The number of ether oxygens (including phenoxy) is 2. The van der Waals surface area contributed by atoms with E-state index < -0.39 is 0 Å². The average molecular weight is 329 g/mol. The first-order chi connectivity index (χ1) is 11.4. The fourth-order valence-corrected chi connectivity index (χ4v) is 2.90. The van der Waals surface area contributed by atoms with Crippen LogP contribution in [0.3, 0.4) is 0 Å². The van der Waals surface area contributed by atoms with Crippen molar-refractivity contribution in [3.8, 4) is 11.5 Å². The molecule has 1 aromatic carbocycles. The van der Waals surface area contributed by atoms with Gasteiger partial charge in [0.1, 0.15) is 5.60 Å². The first-order valence-corrected chi connectivity index (χ1v) is 8.13. The second kappa shape index (κ2) is 6.55. The van der Waals surface area contributed by atoms with Crippen molar-refractivity contribution in [1.82, 2.24) is 15.1 Å². The molecule has 6 nitrogen and oxygen atoms in total. The fourth-order valence-electron chi connectivity index (χ4n) is 2.90. The van der Waals surface area contributed by atoms with Gasteiger partial charge in [0.25, 0.3) is 5.91 Å². The van der Waals surface area contributed by atoms with Gasteiger partial charge in [-0.25, -0.2) is 0 Å². The number of nitrogens with one attached hydrogen (secondary N) is 1. The molecule has 1 atom stereocenters. The van der Waals surface area contributed by atoms with Crippen LogP contribution in [0.4, 0.5) is 0 Å². The summed E-state index contributed by atoms with van der Waals surface area (Å²) in [4.78, 5) is 12.1. The first-order valence-electron chi connectivity index (χ1n) is 8.13. The van der Waals surface area contributed by atoms with Crippen LogP contribution < -0.4 is 14.8 Å². The number of fused-ring (bicyclic) bond motifs is 1. The van der Waals surface area contributed by atoms with Crippen LogP contribution in [0.25, 0.3) is 0 Å². The zero-order chi connectivity index (χ0) is 17.2. The summed E-state index contributed by atoms with van der Waals surface area (Å²) in [5.41, 5.74) is 0.882. The molecule has 0 spiro atoms. The molecule has 128 valence electrons. The Bertz CT molecular complexity index is 710. The minimum atomic E-state index is -0.234. The van der Waals surface area contributed by atoms with Crippen LogP contribution >= 0.6 is 0 Å². The number of aromatic nitrogens is 2. The molecule has 0 saturated heterocycles. The van der Waals surface area contributed by atoms with Crippen molar-refractivity contribution >= 4 is 5.91 Å². The Hall–Kier alpha value is -2.50. The van der Waals surface area contributed by atoms with E-state index in [9.17, 15) is 4.79 Å². The van der Waals surface area contributed by atoms with Crippen molar-refractivity contribution < 1.29 is 14.3 Å². The number of hydrogen-bond donors (Lipinski definition) is 1. The molecule has 0 unspecified atom stereocenters. The minimum Gasteiger partial charge on any atom is -0.483 e. The van der Waals surface area contributed by atoms with Crippen LogP contribution in [0.2, 0.25) is 0 Å². The number of amides is 1. The zero-order valence-corrected chi connectivity index (χ0v) is 14.3. The van der Waals surface area contributed by atoms with Crippen molar-refractivity contribution in [3.05, 3.63) is 42.2 Å². The molecule has 1 aliphatic rings. The number of carbonyl (C=O) groups excluding carboxylic acids is 1. The number of para-hydroxylation sites is 1. The average Bonchev–Trinajstić information content (AvgIpc) is 3.10. The Kier molecular flexibility index (Phi) is 4.46. The van der Waals surface area contributed by atoms with Crippen LogP contribution in [0.1, 0.15) is 26.3 Å². The Morgan fingerprint density at radius 2 is 2.29 bits per heavy atom. The van der Waals surface area contributed by atoms with E-state index in [1.807, 2.05) is 51.2 Å². The molecular formula is C18H23N3O3. The quantitative estimate of drug-likeness (QED) is 0.882. The summed E-state index contributed by atoms with van der Waals surface area (Å²) in [7, 11) is 0. The molecule has 1 N–H and O–H groups in total. The van der Waals surface area contributed by atoms with Gasteiger partial charge in [0.15, 0.2) is 18.1 Å². The minimum absolute atomic E-state index is 0.0299. The molecule has 2 aromatic rings. The van der Waals surface area contributed by atoms with Crippen molar-refractivity contribution in [2.45, 2.75) is 45.4 Å². The van der Waals surface area contributed by atoms with E-state index >= 15 is 0 Å². The zero-order valence-electron chi connectivity index (χ0n) is 14.3. The van der Waals surface area contributed by atoms with Gasteiger partial charge in [-0.3, -0.25) is 9.48 Å². The third kappa shape index (κ3) is 3.88. The molecule has 24 heavy (non-hydrogen) atoms. The largest absolute Gasteiger partial charge is 0.483 e. The highest BCUT2D eigenvalue weighted by Gasteiger charge is 2.32. The second-order valence-corrected chi connectivity index (χ2v) is 6.77. The molecule has 0 fully saturated rings. The summed E-state index contributed by atoms with van der Waals surface area (Å²) >= 11 is 0. The summed E-state index contributed by atoms with van der Waals surface area (Å²) < 4.78 is 13.4. The molecule has 0 aliphatic carbocycles. The molecule has 1 amide bonds. The van der Waals surface area contributed by atoms with Gasteiger partial charge in [0, 0.05) is 30.4 Å². The van der Waals surface area contributed by atoms with Crippen molar-refractivity contribution in [2.24, 2.45) is 0 Å². The monoisotopic (exact) mass is 329 g/mol. The number of rotatable bonds is 6. The summed E-state index contributed by atoms with van der Waals surface area (Å²) in [6.07, 6.45) is 4.42. The summed E-state index contributed by atoms with van der Waals surface area (Å²) in [5, 5.41) is 7.03. The first kappa shape index (κ1) is 16.4. The smallest absolute Gasteiger partial charge is 0.258 e. The normalized spacial score (nSPS) is 16.1. The Morgan fingerprint density at radius 1 is 1.46 bits per heavy atom. The van der Waals surface area contributed by atoms with Crippen LogP contribution in [-0.4, -0.2) is 33.9 Å². The standard InChI is InChI=1S/C18H23N3O3/c1-13(11-21-9-5-8-19-21)20-16(22)12-23-15-7-4-6-14-10-18(2,3)24-17(14)15/h4-9,13H,10-12H2,1-3H3,(H,20,22)/t13-/m1/s1. The lowest BCUT2D eigenvalue weighted by atomic mass is 10.0. The maximum Gasteiger partial charge on any atom is 0.258 e. The lowest BCUT2D eigenvalue weighted by molar-refractivity contribution is -0.123. The van der Waals surface area contributed by atoms with Crippen molar-refractivity contribution in [1.29, 1.82) is 0 Å². The Morgan fingerprint density at radius 3 is 3.04 bits per heavy atom. The molecule has 0 radical (unpaired) electrons. The van der Waals surface area contributed by atoms with Gasteiger partial charge >= 0.3 is 0 Å². The Labute approximate surface area is 141 Å². The fraction of sp³-hybridized carbons (Fsp3) is 0.444. The molecule has 0 saturated carbocycles. The van der Waals surface area contributed by atoms with Gasteiger partial charge in [0.05, 0.1) is 6.54 Å². The Balaban J connectivity index is 1.53. The van der Waals surface area contributed by atoms with Crippen LogP contribution in [-0.2, 0) is 17.8 Å². The summed E-state index contributed by atoms with van der Waals surface area (Å²) in [5.74, 6) is 1.21. The van der Waals surface area contributed by atoms with Gasteiger partial charge in [-0.1, -0.05) is 12.1 Å². The van der Waals surface area contributed by atoms with E-state index in [1.165, 1.54) is 0 Å². The molecule has 3 rings (SSSR count). The summed E-state index contributed by atoms with van der Waals surface area (Å²) in [6, 6.07) is 7.62. The van der Waals surface area contributed by atoms with Crippen LogP contribution in [0.5, 0.6) is 11.5 Å². The van der Waals surface area contributed by atoms with Gasteiger partial charge in [-0.05, 0) is 32.9 Å². The van der Waals surface area contributed by atoms with Gasteiger partial charge in [-0.15, -0.1) is 0 Å². The van der Waals surface area contributed by atoms with Crippen molar-refractivity contribution in [2.75, 3.05) is 6.61 Å².